The van der Waals surface area contributed by atoms with Gasteiger partial charge >= 0.3 is 5.97 Å². The number of nitrogens with zero attached hydrogens (tertiary/aromatic N) is 5. The number of aromatic nitrogens is 3. The summed E-state index contributed by atoms with van der Waals surface area (Å²) in [6.45, 7) is 3.10. The van der Waals surface area contributed by atoms with Crippen molar-refractivity contribution < 1.29 is 19.0 Å². The van der Waals surface area contributed by atoms with Crippen molar-refractivity contribution in [3.05, 3.63) is 34.5 Å². The molecule has 3 aromatic rings. The lowest BCUT2D eigenvalue weighted by Crippen LogP contribution is -2.37. The minimum Gasteiger partial charge on any atom is -0.493 e. The number of thiazole rings is 1. The average Bonchev–Trinajstić information content (AvgIpc) is 3.59. The highest BCUT2D eigenvalue weighted by Crippen LogP contribution is 2.38. The van der Waals surface area contributed by atoms with E-state index < -0.39 is 0 Å². The number of anilines is 1. The number of ether oxygens (including phenoxy) is 3. The SMILES string of the molecule is COC(=O)C1CCN(c2nc(CN3CCC[C@@H]3c3nccs3)nc3cc(OC)c(OC)cc23)CC1. The number of likely N-dealkylation sites (tertiary alicyclic amines) is 1. The summed E-state index contributed by atoms with van der Waals surface area (Å²) >= 11 is 1.71. The number of hydrogen-bond donors (Lipinski definition) is 0. The molecule has 2 aliphatic heterocycles. The lowest BCUT2D eigenvalue weighted by molar-refractivity contribution is -0.146. The maximum Gasteiger partial charge on any atom is 0.308 e. The van der Waals surface area contributed by atoms with Crippen LogP contribution in [0.3, 0.4) is 0 Å². The molecule has 0 N–H and O–H groups in total. The molecule has 2 saturated heterocycles. The van der Waals surface area contributed by atoms with Gasteiger partial charge in [-0.1, -0.05) is 0 Å². The Hall–Kier alpha value is -2.98. The van der Waals surface area contributed by atoms with Crippen LogP contribution in [0, 0.1) is 5.92 Å². The van der Waals surface area contributed by atoms with Gasteiger partial charge in [0.25, 0.3) is 0 Å². The van der Waals surface area contributed by atoms with Crippen molar-refractivity contribution in [2.75, 3.05) is 45.9 Å². The fourth-order valence-corrected chi connectivity index (χ4v) is 5.97. The second-order valence-corrected chi connectivity index (χ2v) is 9.90. The van der Waals surface area contributed by atoms with E-state index in [-0.39, 0.29) is 11.9 Å². The van der Waals surface area contributed by atoms with Crippen LogP contribution in [0.1, 0.15) is 42.6 Å². The molecule has 0 radical (unpaired) electrons. The fraction of sp³-hybridized carbons (Fsp3) is 0.520. The van der Waals surface area contributed by atoms with Gasteiger partial charge in [-0.25, -0.2) is 15.0 Å². The first-order valence-corrected chi connectivity index (χ1v) is 12.9. The van der Waals surface area contributed by atoms with Crippen molar-refractivity contribution in [1.82, 2.24) is 19.9 Å². The first-order chi connectivity index (χ1) is 17.1. The van der Waals surface area contributed by atoms with E-state index in [1.54, 1.807) is 25.6 Å². The van der Waals surface area contributed by atoms with Crippen LogP contribution in [0.2, 0.25) is 0 Å². The summed E-state index contributed by atoms with van der Waals surface area (Å²) in [5, 5.41) is 4.11. The second kappa shape index (κ2) is 10.3. The van der Waals surface area contributed by atoms with Crippen LogP contribution in [0.25, 0.3) is 10.9 Å². The molecule has 0 saturated carbocycles. The van der Waals surface area contributed by atoms with E-state index in [4.69, 9.17) is 24.2 Å². The zero-order chi connectivity index (χ0) is 24.4. The molecule has 0 aliphatic carbocycles. The number of carbonyl (C=O) groups is 1. The topological polar surface area (TPSA) is 89.9 Å². The number of fused-ring (bicyclic) bond motifs is 1. The van der Waals surface area contributed by atoms with Crippen molar-refractivity contribution in [1.29, 1.82) is 0 Å². The molecule has 0 bridgehead atoms. The summed E-state index contributed by atoms with van der Waals surface area (Å²) in [5.74, 6) is 2.73. The minimum atomic E-state index is -0.133. The molecule has 0 amide bonds. The highest BCUT2D eigenvalue weighted by molar-refractivity contribution is 7.09. The number of hydrogen-bond acceptors (Lipinski definition) is 10. The quantitative estimate of drug-likeness (QED) is 0.452. The molecule has 0 spiro atoms. The molecule has 5 rings (SSSR count). The molecule has 186 valence electrons. The molecule has 0 unspecified atom stereocenters. The Morgan fingerprint density at radius 2 is 1.83 bits per heavy atom. The zero-order valence-corrected chi connectivity index (χ0v) is 21.2. The van der Waals surface area contributed by atoms with Crippen LogP contribution < -0.4 is 14.4 Å². The van der Waals surface area contributed by atoms with E-state index >= 15 is 0 Å². The lowest BCUT2D eigenvalue weighted by atomic mass is 9.97. The van der Waals surface area contributed by atoms with Crippen LogP contribution in [0.4, 0.5) is 5.82 Å². The third-order valence-electron chi connectivity index (χ3n) is 7.00. The summed E-state index contributed by atoms with van der Waals surface area (Å²) in [7, 11) is 4.72. The van der Waals surface area contributed by atoms with Gasteiger partial charge < -0.3 is 19.1 Å². The first kappa shape index (κ1) is 23.7. The van der Waals surface area contributed by atoms with Crippen molar-refractivity contribution in [3.63, 3.8) is 0 Å². The first-order valence-electron chi connectivity index (χ1n) is 12.0. The lowest BCUT2D eigenvalue weighted by Gasteiger charge is -2.32. The van der Waals surface area contributed by atoms with Crippen molar-refractivity contribution in [2.24, 2.45) is 5.92 Å². The normalized spacial score (nSPS) is 19.3. The molecule has 2 aromatic heterocycles. The van der Waals surface area contributed by atoms with Gasteiger partial charge in [-0.2, -0.15) is 0 Å². The van der Waals surface area contributed by atoms with Gasteiger partial charge in [0.15, 0.2) is 11.5 Å². The Morgan fingerprint density at radius 1 is 1.06 bits per heavy atom. The molecular weight excluding hydrogens is 466 g/mol. The monoisotopic (exact) mass is 497 g/mol. The van der Waals surface area contributed by atoms with E-state index in [9.17, 15) is 4.79 Å². The molecule has 4 heterocycles. The predicted molar refractivity (Wildman–Crippen MR) is 134 cm³/mol. The summed E-state index contributed by atoms with van der Waals surface area (Å²) in [6, 6.07) is 4.18. The van der Waals surface area contributed by atoms with Crippen molar-refractivity contribution >= 4 is 34.0 Å². The van der Waals surface area contributed by atoms with Gasteiger partial charge in [-0.15, -0.1) is 11.3 Å². The van der Waals surface area contributed by atoms with Crippen molar-refractivity contribution in [2.45, 2.75) is 38.3 Å². The Labute approximate surface area is 209 Å². The average molecular weight is 498 g/mol. The Bertz CT molecular complexity index is 1180. The number of carbonyl (C=O) groups excluding carboxylic acids is 1. The van der Waals surface area contributed by atoms with Gasteiger partial charge in [-0.3, -0.25) is 9.69 Å². The molecule has 35 heavy (non-hydrogen) atoms. The largest absolute Gasteiger partial charge is 0.493 e. The zero-order valence-electron chi connectivity index (χ0n) is 20.4. The molecule has 10 heteroatoms. The van der Waals surface area contributed by atoms with Crippen LogP contribution in [0.5, 0.6) is 11.5 Å². The predicted octanol–water partition coefficient (Wildman–Crippen LogP) is 3.83. The Morgan fingerprint density at radius 3 is 2.51 bits per heavy atom. The number of rotatable bonds is 7. The van der Waals surface area contributed by atoms with Gasteiger partial charge in [0.2, 0.25) is 0 Å². The number of esters is 1. The molecule has 2 fully saturated rings. The number of methoxy groups -OCH3 is 3. The van der Waals surface area contributed by atoms with Gasteiger partial charge in [0.05, 0.1) is 45.4 Å². The summed E-state index contributed by atoms with van der Waals surface area (Å²) < 4.78 is 16.1. The highest BCUT2D eigenvalue weighted by Gasteiger charge is 2.30. The van der Waals surface area contributed by atoms with Crippen LogP contribution in [0.15, 0.2) is 23.7 Å². The maximum absolute atomic E-state index is 12.0. The van der Waals surface area contributed by atoms with Crippen molar-refractivity contribution in [3.8, 4) is 11.5 Å². The third kappa shape index (κ3) is 4.77. The molecule has 1 atom stereocenters. The van der Waals surface area contributed by atoms with E-state index in [2.05, 4.69) is 14.8 Å². The molecule has 1 aromatic carbocycles. The summed E-state index contributed by atoms with van der Waals surface area (Å²) in [4.78, 5) is 31.3. The van der Waals surface area contributed by atoms with Gasteiger partial charge in [0, 0.05) is 36.1 Å². The van der Waals surface area contributed by atoms with E-state index in [1.165, 1.54) is 7.11 Å². The second-order valence-electron chi connectivity index (χ2n) is 8.97. The Kier molecular flexibility index (Phi) is 7.01. The van der Waals surface area contributed by atoms with E-state index in [0.717, 1.165) is 72.9 Å². The number of benzene rings is 1. The van der Waals surface area contributed by atoms with Gasteiger partial charge in [0.1, 0.15) is 16.6 Å². The fourth-order valence-electron chi connectivity index (χ4n) is 5.17. The Balaban J connectivity index is 1.50. The maximum atomic E-state index is 12.0. The van der Waals surface area contributed by atoms with E-state index in [0.29, 0.717) is 24.1 Å². The van der Waals surface area contributed by atoms with Crippen LogP contribution in [-0.4, -0.2) is 66.8 Å². The third-order valence-corrected chi connectivity index (χ3v) is 7.88. The minimum absolute atomic E-state index is 0.0675. The number of piperidine rings is 1. The summed E-state index contributed by atoms with van der Waals surface area (Å²) in [6.07, 6.45) is 5.58. The van der Waals surface area contributed by atoms with Crippen LogP contribution >= 0.6 is 11.3 Å². The molecular formula is C25H31N5O4S. The van der Waals surface area contributed by atoms with E-state index in [1.807, 2.05) is 23.7 Å². The summed E-state index contributed by atoms with van der Waals surface area (Å²) in [5.41, 5.74) is 0.822. The highest BCUT2D eigenvalue weighted by atomic mass is 32.1. The standard InChI is InChI=1S/C25H31N5O4S/c1-32-20-13-17-18(14-21(20)33-2)27-22(15-30-9-4-5-19(30)24-26-8-12-35-24)28-23(17)29-10-6-16(7-11-29)25(31)34-3/h8,12-14,16,19H,4-7,9-11,15H2,1-3H3/t19-/m1/s1. The smallest absolute Gasteiger partial charge is 0.308 e. The molecule has 2 aliphatic rings. The van der Waals surface area contributed by atoms with Gasteiger partial charge in [-0.05, 0) is 38.3 Å². The molecule has 9 nitrogen and oxygen atoms in total. The van der Waals surface area contributed by atoms with Crippen LogP contribution in [-0.2, 0) is 16.1 Å².